The Morgan fingerprint density at radius 1 is 1.00 bits per heavy atom. The SMILES string of the molecule is COc1ccc(OC)c2c1CCN(CC(=O)N[C@H]1c3ccccc3C[C@H]1O)C2Cc1ccccc1. The van der Waals surface area contributed by atoms with Crippen LogP contribution < -0.4 is 14.8 Å². The molecule has 0 aromatic heterocycles. The molecule has 6 heteroatoms. The largest absolute Gasteiger partial charge is 0.496 e. The van der Waals surface area contributed by atoms with Gasteiger partial charge in [-0.3, -0.25) is 9.69 Å². The lowest BCUT2D eigenvalue weighted by molar-refractivity contribution is -0.124. The predicted octanol–water partition coefficient (Wildman–Crippen LogP) is 3.62. The fraction of sp³-hybridized carbons (Fsp3) is 0.345. The van der Waals surface area contributed by atoms with E-state index >= 15 is 0 Å². The summed E-state index contributed by atoms with van der Waals surface area (Å²) in [7, 11) is 3.38. The maximum Gasteiger partial charge on any atom is 0.234 e. The van der Waals surface area contributed by atoms with Crippen molar-refractivity contribution in [2.75, 3.05) is 27.3 Å². The number of fused-ring (bicyclic) bond motifs is 2. The average Bonchev–Trinajstić information content (AvgIpc) is 3.19. The Morgan fingerprint density at radius 2 is 1.71 bits per heavy atom. The van der Waals surface area contributed by atoms with Crippen LogP contribution in [0.25, 0.3) is 0 Å². The van der Waals surface area contributed by atoms with Crippen molar-refractivity contribution < 1.29 is 19.4 Å². The first-order valence-corrected chi connectivity index (χ1v) is 12.2. The first-order chi connectivity index (χ1) is 17.1. The van der Waals surface area contributed by atoms with E-state index < -0.39 is 6.10 Å². The van der Waals surface area contributed by atoms with Crippen LogP contribution in [-0.4, -0.2) is 49.3 Å². The Morgan fingerprint density at radius 3 is 2.49 bits per heavy atom. The van der Waals surface area contributed by atoms with Crippen LogP contribution in [0.1, 0.15) is 39.9 Å². The second-order valence-electron chi connectivity index (χ2n) is 9.30. The Labute approximate surface area is 206 Å². The minimum absolute atomic E-state index is 0.0438. The molecule has 1 aliphatic carbocycles. The van der Waals surface area contributed by atoms with Gasteiger partial charge in [0.25, 0.3) is 0 Å². The molecule has 1 heterocycles. The number of hydrogen-bond donors (Lipinski definition) is 2. The van der Waals surface area contributed by atoms with Gasteiger partial charge < -0.3 is 19.9 Å². The van der Waals surface area contributed by atoms with E-state index in [9.17, 15) is 9.90 Å². The third kappa shape index (κ3) is 4.64. The monoisotopic (exact) mass is 472 g/mol. The molecule has 3 aromatic carbocycles. The number of aliphatic hydroxyl groups excluding tert-OH is 1. The zero-order valence-corrected chi connectivity index (χ0v) is 20.2. The molecule has 0 fully saturated rings. The maximum atomic E-state index is 13.3. The highest BCUT2D eigenvalue weighted by molar-refractivity contribution is 5.79. The molecule has 3 aromatic rings. The number of ether oxygens (including phenoxy) is 2. The molecular weight excluding hydrogens is 440 g/mol. The number of methoxy groups -OCH3 is 2. The first kappa shape index (κ1) is 23.4. The summed E-state index contributed by atoms with van der Waals surface area (Å²) in [5.41, 5.74) is 5.52. The molecule has 6 nitrogen and oxygen atoms in total. The van der Waals surface area contributed by atoms with Gasteiger partial charge in [0, 0.05) is 30.1 Å². The zero-order chi connectivity index (χ0) is 24.4. The van der Waals surface area contributed by atoms with Crippen LogP contribution in [0.5, 0.6) is 11.5 Å². The van der Waals surface area contributed by atoms with Crippen molar-refractivity contribution in [1.82, 2.24) is 10.2 Å². The van der Waals surface area contributed by atoms with Gasteiger partial charge in [0.1, 0.15) is 11.5 Å². The molecule has 1 aliphatic heterocycles. The first-order valence-electron chi connectivity index (χ1n) is 12.2. The van der Waals surface area contributed by atoms with E-state index in [1.54, 1.807) is 14.2 Å². The van der Waals surface area contributed by atoms with E-state index in [4.69, 9.17) is 9.47 Å². The minimum atomic E-state index is -0.608. The van der Waals surface area contributed by atoms with Crippen molar-refractivity contribution in [3.05, 3.63) is 94.5 Å². The fourth-order valence-electron chi connectivity index (χ4n) is 5.62. The van der Waals surface area contributed by atoms with Crippen LogP contribution in [0.15, 0.2) is 66.7 Å². The lowest BCUT2D eigenvalue weighted by Gasteiger charge is -2.38. The number of amides is 1. The van der Waals surface area contributed by atoms with Crippen molar-refractivity contribution in [3.63, 3.8) is 0 Å². The van der Waals surface area contributed by atoms with Gasteiger partial charge in [0.15, 0.2) is 0 Å². The summed E-state index contributed by atoms with van der Waals surface area (Å²) in [5.74, 6) is 1.58. The number of carbonyl (C=O) groups excluding carboxylic acids is 1. The van der Waals surface area contributed by atoms with Crippen LogP contribution in [0.3, 0.4) is 0 Å². The molecule has 0 spiro atoms. The highest BCUT2D eigenvalue weighted by atomic mass is 16.5. The van der Waals surface area contributed by atoms with Crippen molar-refractivity contribution in [2.45, 2.75) is 37.5 Å². The van der Waals surface area contributed by atoms with Crippen molar-refractivity contribution in [1.29, 1.82) is 0 Å². The number of benzene rings is 3. The summed E-state index contributed by atoms with van der Waals surface area (Å²) in [5, 5.41) is 13.7. The average molecular weight is 473 g/mol. The third-order valence-electron chi connectivity index (χ3n) is 7.28. The van der Waals surface area contributed by atoms with Crippen LogP contribution in [0, 0.1) is 0 Å². The van der Waals surface area contributed by atoms with E-state index in [0.29, 0.717) is 6.42 Å². The molecule has 0 bridgehead atoms. The molecule has 1 unspecified atom stereocenters. The molecule has 35 heavy (non-hydrogen) atoms. The summed E-state index contributed by atoms with van der Waals surface area (Å²) >= 11 is 0. The summed E-state index contributed by atoms with van der Waals surface area (Å²) in [6.07, 6.45) is 1.47. The molecule has 1 amide bonds. The molecule has 0 saturated carbocycles. The molecule has 3 atom stereocenters. The normalized spacial score (nSPS) is 21.2. The highest BCUT2D eigenvalue weighted by Crippen LogP contribution is 2.42. The number of hydrogen-bond acceptors (Lipinski definition) is 5. The van der Waals surface area contributed by atoms with E-state index in [1.165, 1.54) is 5.56 Å². The van der Waals surface area contributed by atoms with Crippen molar-refractivity contribution in [3.8, 4) is 11.5 Å². The molecule has 182 valence electrons. The summed E-state index contributed by atoms with van der Waals surface area (Å²) < 4.78 is 11.5. The second kappa shape index (κ2) is 10.1. The van der Waals surface area contributed by atoms with Crippen LogP contribution in [-0.2, 0) is 24.1 Å². The highest BCUT2D eigenvalue weighted by Gasteiger charge is 2.36. The van der Waals surface area contributed by atoms with Gasteiger partial charge in [0.05, 0.1) is 32.9 Å². The van der Waals surface area contributed by atoms with Crippen LogP contribution >= 0.6 is 0 Å². The third-order valence-corrected chi connectivity index (χ3v) is 7.28. The Bertz CT molecular complexity index is 1200. The molecule has 0 radical (unpaired) electrons. The molecular formula is C29H32N2O4. The maximum absolute atomic E-state index is 13.3. The lowest BCUT2D eigenvalue weighted by atomic mass is 9.87. The van der Waals surface area contributed by atoms with E-state index in [2.05, 4.69) is 22.3 Å². The molecule has 0 saturated heterocycles. The number of nitrogens with zero attached hydrogens (tertiary/aromatic N) is 1. The van der Waals surface area contributed by atoms with Gasteiger partial charge in [-0.05, 0) is 41.7 Å². The van der Waals surface area contributed by atoms with Gasteiger partial charge in [-0.15, -0.1) is 0 Å². The van der Waals surface area contributed by atoms with E-state index in [1.807, 2.05) is 54.6 Å². The van der Waals surface area contributed by atoms with Gasteiger partial charge in [0.2, 0.25) is 5.91 Å². The number of nitrogens with one attached hydrogen (secondary N) is 1. The Hall–Kier alpha value is -3.35. The number of carbonyl (C=O) groups is 1. The summed E-state index contributed by atoms with van der Waals surface area (Å²) in [6, 6.07) is 21.7. The summed E-state index contributed by atoms with van der Waals surface area (Å²) in [6.45, 7) is 0.966. The van der Waals surface area contributed by atoms with Crippen LogP contribution in [0.2, 0.25) is 0 Å². The smallest absolute Gasteiger partial charge is 0.234 e. The topological polar surface area (TPSA) is 71.0 Å². The van der Waals surface area contributed by atoms with Crippen molar-refractivity contribution >= 4 is 5.91 Å². The molecule has 5 rings (SSSR count). The van der Waals surface area contributed by atoms with Gasteiger partial charge in [-0.25, -0.2) is 0 Å². The minimum Gasteiger partial charge on any atom is -0.496 e. The standard InChI is InChI=1S/C29H32N2O4/c1-34-25-12-13-26(35-2)28-22(25)14-15-31(23(28)16-19-8-4-3-5-9-19)18-27(33)30-29-21-11-7-6-10-20(21)17-24(29)32/h3-13,23-24,29,32H,14-18H2,1-2H3,(H,30,33)/t23?,24-,29+/m1/s1. The number of aliphatic hydroxyl groups is 1. The fourth-order valence-corrected chi connectivity index (χ4v) is 5.62. The number of rotatable bonds is 7. The summed E-state index contributed by atoms with van der Waals surface area (Å²) in [4.78, 5) is 15.5. The molecule has 2 N–H and O–H groups in total. The van der Waals surface area contributed by atoms with E-state index in [0.717, 1.165) is 53.1 Å². The van der Waals surface area contributed by atoms with E-state index in [-0.39, 0.29) is 24.5 Å². The quantitative estimate of drug-likeness (QED) is 0.550. The van der Waals surface area contributed by atoms with Gasteiger partial charge in [-0.2, -0.15) is 0 Å². The Kier molecular flexibility index (Phi) is 6.75. The van der Waals surface area contributed by atoms with Crippen LogP contribution in [0.4, 0.5) is 0 Å². The lowest BCUT2D eigenvalue weighted by Crippen LogP contribution is -2.45. The van der Waals surface area contributed by atoms with Crippen molar-refractivity contribution in [2.24, 2.45) is 0 Å². The predicted molar refractivity (Wildman–Crippen MR) is 135 cm³/mol. The second-order valence-corrected chi connectivity index (χ2v) is 9.30. The zero-order valence-electron chi connectivity index (χ0n) is 20.2. The Balaban J connectivity index is 1.42. The van der Waals surface area contributed by atoms with Gasteiger partial charge >= 0.3 is 0 Å². The van der Waals surface area contributed by atoms with Gasteiger partial charge in [-0.1, -0.05) is 54.6 Å². The molecule has 2 aliphatic rings.